The van der Waals surface area contributed by atoms with Crippen molar-refractivity contribution in [3.8, 4) is 16.2 Å². The zero-order valence-corrected chi connectivity index (χ0v) is 13.7. The third-order valence-corrected chi connectivity index (χ3v) is 5.28. The van der Waals surface area contributed by atoms with E-state index in [9.17, 15) is 9.59 Å². The lowest BCUT2D eigenvalue weighted by atomic mass is 10.2. The highest BCUT2D eigenvalue weighted by atomic mass is 32.2. The van der Waals surface area contributed by atoms with Gasteiger partial charge in [0.05, 0.1) is 12.0 Å². The molecular formula is C16H13NO3S2. The van der Waals surface area contributed by atoms with Crippen molar-refractivity contribution in [2.24, 2.45) is 0 Å². The maximum Gasteiger partial charge on any atom is 0.293 e. The van der Waals surface area contributed by atoms with E-state index in [4.69, 9.17) is 4.74 Å². The van der Waals surface area contributed by atoms with Crippen LogP contribution in [0.5, 0.6) is 5.75 Å². The molecule has 1 fully saturated rings. The molecular weight excluding hydrogens is 318 g/mol. The second-order valence-electron chi connectivity index (χ2n) is 4.67. The number of likely N-dealkylation sites (N-methyl/N-ethyl adjacent to an activating group) is 1. The number of amides is 2. The Balaban J connectivity index is 1.88. The number of carbonyl (C=O) groups excluding carboxylic acids is 2. The molecule has 4 nitrogen and oxygen atoms in total. The normalized spacial score (nSPS) is 16.6. The standard InChI is InChI=1S/C16H13NO3S2/c1-17-15(18)14(22-16(17)19)9-12-6-7-13(21-12)10-4-3-5-11(8-10)20-2/h3-9H,1-2H3/b14-9-. The molecule has 0 bridgehead atoms. The van der Waals surface area contributed by atoms with Crippen molar-refractivity contribution in [3.63, 3.8) is 0 Å². The fraction of sp³-hybridized carbons (Fsp3) is 0.125. The number of methoxy groups -OCH3 is 1. The zero-order valence-electron chi connectivity index (χ0n) is 12.0. The number of hydrogen-bond donors (Lipinski definition) is 0. The van der Waals surface area contributed by atoms with Crippen LogP contribution in [0.3, 0.4) is 0 Å². The van der Waals surface area contributed by atoms with Gasteiger partial charge >= 0.3 is 0 Å². The Morgan fingerprint density at radius 1 is 1.18 bits per heavy atom. The van der Waals surface area contributed by atoms with Crippen molar-refractivity contribution < 1.29 is 14.3 Å². The van der Waals surface area contributed by atoms with Crippen molar-refractivity contribution in [1.29, 1.82) is 0 Å². The lowest BCUT2D eigenvalue weighted by Crippen LogP contribution is -2.22. The fourth-order valence-corrected chi connectivity index (χ4v) is 3.88. The van der Waals surface area contributed by atoms with E-state index in [0.29, 0.717) is 4.91 Å². The molecule has 2 amide bonds. The van der Waals surface area contributed by atoms with Crippen LogP contribution in [0.15, 0.2) is 41.3 Å². The van der Waals surface area contributed by atoms with Gasteiger partial charge in [-0.05, 0) is 47.7 Å². The molecule has 0 radical (unpaired) electrons. The number of rotatable bonds is 3. The van der Waals surface area contributed by atoms with Crippen molar-refractivity contribution in [3.05, 3.63) is 46.2 Å². The first-order valence-corrected chi connectivity index (χ1v) is 8.17. The van der Waals surface area contributed by atoms with Crippen LogP contribution in [0.4, 0.5) is 4.79 Å². The summed E-state index contributed by atoms with van der Waals surface area (Å²) in [7, 11) is 3.13. The van der Waals surface area contributed by atoms with Gasteiger partial charge in [0.15, 0.2) is 0 Å². The molecule has 2 heterocycles. The third-order valence-electron chi connectivity index (χ3n) is 3.24. The van der Waals surface area contributed by atoms with Crippen LogP contribution in [0.25, 0.3) is 16.5 Å². The number of thiophene rings is 1. The lowest BCUT2D eigenvalue weighted by molar-refractivity contribution is -0.121. The molecule has 0 spiro atoms. The topological polar surface area (TPSA) is 46.6 Å². The van der Waals surface area contributed by atoms with Gasteiger partial charge in [0.1, 0.15) is 5.75 Å². The van der Waals surface area contributed by atoms with E-state index in [1.807, 2.05) is 36.4 Å². The van der Waals surface area contributed by atoms with E-state index in [2.05, 4.69) is 0 Å². The molecule has 1 aromatic heterocycles. The first-order valence-electron chi connectivity index (χ1n) is 6.54. The van der Waals surface area contributed by atoms with E-state index in [-0.39, 0.29) is 11.1 Å². The third kappa shape index (κ3) is 2.80. The van der Waals surface area contributed by atoms with E-state index in [0.717, 1.165) is 37.7 Å². The molecule has 112 valence electrons. The molecule has 0 atom stereocenters. The Labute approximate surface area is 136 Å². The summed E-state index contributed by atoms with van der Waals surface area (Å²) in [6, 6.07) is 11.8. The molecule has 0 aliphatic carbocycles. The lowest BCUT2D eigenvalue weighted by Gasteiger charge is -2.01. The van der Waals surface area contributed by atoms with Crippen molar-refractivity contribution in [2.45, 2.75) is 0 Å². The first-order chi connectivity index (χ1) is 10.6. The smallest absolute Gasteiger partial charge is 0.293 e. The highest BCUT2D eigenvalue weighted by molar-refractivity contribution is 8.18. The summed E-state index contributed by atoms with van der Waals surface area (Å²) >= 11 is 2.54. The van der Waals surface area contributed by atoms with Crippen LogP contribution < -0.4 is 4.74 Å². The minimum absolute atomic E-state index is 0.235. The Morgan fingerprint density at radius 2 is 2.00 bits per heavy atom. The highest BCUT2D eigenvalue weighted by Crippen LogP contribution is 2.35. The van der Waals surface area contributed by atoms with E-state index in [1.165, 1.54) is 7.05 Å². The van der Waals surface area contributed by atoms with E-state index in [1.54, 1.807) is 24.5 Å². The number of thioether (sulfide) groups is 1. The second kappa shape index (κ2) is 5.98. The molecule has 0 unspecified atom stereocenters. The highest BCUT2D eigenvalue weighted by Gasteiger charge is 2.31. The van der Waals surface area contributed by atoms with Crippen LogP contribution in [0.2, 0.25) is 0 Å². The summed E-state index contributed by atoms with van der Waals surface area (Å²) in [6.45, 7) is 0. The number of benzene rings is 1. The molecule has 1 aliphatic rings. The van der Waals surface area contributed by atoms with Gasteiger partial charge in [0, 0.05) is 16.8 Å². The number of imide groups is 1. The minimum atomic E-state index is -0.244. The number of hydrogen-bond acceptors (Lipinski definition) is 5. The van der Waals surface area contributed by atoms with E-state index >= 15 is 0 Å². The van der Waals surface area contributed by atoms with Crippen LogP contribution in [0.1, 0.15) is 4.88 Å². The molecule has 3 rings (SSSR count). The molecule has 22 heavy (non-hydrogen) atoms. The summed E-state index contributed by atoms with van der Waals surface area (Å²) < 4.78 is 5.23. The van der Waals surface area contributed by atoms with Gasteiger partial charge in [-0.25, -0.2) is 0 Å². The first kappa shape index (κ1) is 14.9. The maximum absolute atomic E-state index is 11.9. The van der Waals surface area contributed by atoms with Crippen LogP contribution in [0, 0.1) is 0 Å². The minimum Gasteiger partial charge on any atom is -0.497 e. The largest absolute Gasteiger partial charge is 0.497 e. The molecule has 6 heteroatoms. The number of ether oxygens (including phenoxy) is 1. The van der Waals surface area contributed by atoms with E-state index < -0.39 is 0 Å². The Kier molecular flexibility index (Phi) is 4.04. The van der Waals surface area contributed by atoms with Crippen LogP contribution in [-0.4, -0.2) is 30.2 Å². The number of carbonyl (C=O) groups is 2. The molecule has 1 saturated heterocycles. The second-order valence-corrected chi connectivity index (χ2v) is 6.78. The fourth-order valence-electron chi connectivity index (χ4n) is 2.04. The quantitative estimate of drug-likeness (QED) is 0.795. The Bertz CT molecular complexity index is 779. The molecule has 0 saturated carbocycles. The van der Waals surface area contributed by atoms with Gasteiger partial charge < -0.3 is 4.74 Å². The van der Waals surface area contributed by atoms with Gasteiger partial charge in [0.25, 0.3) is 11.1 Å². The summed E-state index contributed by atoms with van der Waals surface area (Å²) in [4.78, 5) is 27.0. The maximum atomic E-state index is 11.9. The van der Waals surface area contributed by atoms with Crippen molar-refractivity contribution >= 4 is 40.3 Å². The SMILES string of the molecule is COc1cccc(-c2ccc(/C=C3\SC(=O)N(C)C3=O)s2)c1. The molecule has 2 aromatic rings. The van der Waals surface area contributed by atoms with Gasteiger partial charge in [-0.15, -0.1) is 11.3 Å². The van der Waals surface area contributed by atoms with Crippen LogP contribution >= 0.6 is 23.1 Å². The Morgan fingerprint density at radius 3 is 2.68 bits per heavy atom. The number of nitrogens with zero attached hydrogens (tertiary/aromatic N) is 1. The van der Waals surface area contributed by atoms with Crippen LogP contribution in [-0.2, 0) is 4.79 Å². The average Bonchev–Trinajstić information content (AvgIpc) is 3.09. The van der Waals surface area contributed by atoms with Crippen molar-refractivity contribution in [1.82, 2.24) is 4.90 Å². The van der Waals surface area contributed by atoms with Gasteiger partial charge in [-0.1, -0.05) is 12.1 Å². The predicted molar refractivity (Wildman–Crippen MR) is 90.0 cm³/mol. The van der Waals surface area contributed by atoms with Gasteiger partial charge in [-0.2, -0.15) is 0 Å². The molecule has 1 aliphatic heterocycles. The van der Waals surface area contributed by atoms with Gasteiger partial charge in [-0.3, -0.25) is 14.5 Å². The summed E-state index contributed by atoms with van der Waals surface area (Å²) in [6.07, 6.45) is 1.77. The monoisotopic (exact) mass is 331 g/mol. The summed E-state index contributed by atoms with van der Waals surface area (Å²) in [5.41, 5.74) is 1.06. The molecule has 0 N–H and O–H groups in total. The summed E-state index contributed by atoms with van der Waals surface area (Å²) in [5.74, 6) is 0.561. The molecule has 1 aromatic carbocycles. The average molecular weight is 331 g/mol. The van der Waals surface area contributed by atoms with Crippen molar-refractivity contribution in [2.75, 3.05) is 14.2 Å². The predicted octanol–water partition coefficient (Wildman–Crippen LogP) is 4.09. The van der Waals surface area contributed by atoms with Gasteiger partial charge in [0.2, 0.25) is 0 Å². The zero-order chi connectivity index (χ0) is 15.7. The Hall–Kier alpha value is -2.05. The summed E-state index contributed by atoms with van der Waals surface area (Å²) in [5, 5.41) is -0.235.